The standard InChI is InChI=1S/C17H25FN2O/c1-12-9-15(10-13(2)16(12)18)11-19-14(3)17(21)20-7-5-4-6-8-20/h9-10,14,19H,4-8,11H2,1-3H3. The first-order valence-electron chi connectivity index (χ1n) is 7.77. The predicted octanol–water partition coefficient (Wildman–Crippen LogP) is 2.93. The van der Waals surface area contributed by atoms with E-state index < -0.39 is 0 Å². The number of hydrogen-bond donors (Lipinski definition) is 1. The van der Waals surface area contributed by atoms with E-state index in [2.05, 4.69) is 5.32 Å². The van der Waals surface area contributed by atoms with Gasteiger partial charge in [-0.3, -0.25) is 4.79 Å². The van der Waals surface area contributed by atoms with Crippen molar-refractivity contribution in [1.82, 2.24) is 10.2 Å². The third kappa shape index (κ3) is 4.03. The van der Waals surface area contributed by atoms with E-state index >= 15 is 0 Å². The molecule has 1 fully saturated rings. The summed E-state index contributed by atoms with van der Waals surface area (Å²) in [5.74, 6) is 0.0291. The van der Waals surface area contributed by atoms with Crippen LogP contribution in [0.2, 0.25) is 0 Å². The molecule has 0 aromatic heterocycles. The number of likely N-dealkylation sites (tertiary alicyclic amines) is 1. The Labute approximate surface area is 126 Å². The molecule has 0 bridgehead atoms. The molecule has 1 N–H and O–H groups in total. The summed E-state index contributed by atoms with van der Waals surface area (Å²) in [5, 5.41) is 3.26. The van der Waals surface area contributed by atoms with Gasteiger partial charge in [0.1, 0.15) is 5.82 Å². The fourth-order valence-electron chi connectivity index (χ4n) is 2.88. The van der Waals surface area contributed by atoms with Gasteiger partial charge in [-0.25, -0.2) is 4.39 Å². The molecular weight excluding hydrogens is 267 g/mol. The molecule has 0 aliphatic carbocycles. The zero-order valence-corrected chi connectivity index (χ0v) is 13.2. The van der Waals surface area contributed by atoms with Crippen LogP contribution in [-0.2, 0) is 11.3 Å². The SMILES string of the molecule is Cc1cc(CNC(C)C(=O)N2CCCCC2)cc(C)c1F. The predicted molar refractivity (Wildman–Crippen MR) is 82.6 cm³/mol. The van der Waals surface area contributed by atoms with E-state index in [1.54, 1.807) is 13.8 Å². The van der Waals surface area contributed by atoms with Crippen LogP contribution in [0.15, 0.2) is 12.1 Å². The summed E-state index contributed by atoms with van der Waals surface area (Å²) < 4.78 is 13.6. The second-order valence-electron chi connectivity index (χ2n) is 6.03. The van der Waals surface area contributed by atoms with Crippen molar-refractivity contribution in [2.75, 3.05) is 13.1 Å². The Kier molecular flexibility index (Phi) is 5.34. The zero-order valence-electron chi connectivity index (χ0n) is 13.2. The number of piperidine rings is 1. The fraction of sp³-hybridized carbons (Fsp3) is 0.588. The van der Waals surface area contributed by atoms with Crippen LogP contribution in [0.1, 0.15) is 42.9 Å². The van der Waals surface area contributed by atoms with Crippen molar-refractivity contribution in [2.24, 2.45) is 0 Å². The summed E-state index contributed by atoms with van der Waals surface area (Å²) in [4.78, 5) is 14.3. The van der Waals surface area contributed by atoms with Crippen molar-refractivity contribution in [3.8, 4) is 0 Å². The zero-order chi connectivity index (χ0) is 15.4. The second kappa shape index (κ2) is 7.03. The van der Waals surface area contributed by atoms with Crippen molar-refractivity contribution in [3.63, 3.8) is 0 Å². The van der Waals surface area contributed by atoms with E-state index in [0.717, 1.165) is 31.5 Å². The van der Waals surface area contributed by atoms with Crippen LogP contribution >= 0.6 is 0 Å². The Bertz CT molecular complexity index is 487. The maximum Gasteiger partial charge on any atom is 0.239 e. The lowest BCUT2D eigenvalue weighted by Gasteiger charge is -2.29. The van der Waals surface area contributed by atoms with Crippen molar-refractivity contribution in [2.45, 2.75) is 52.6 Å². The van der Waals surface area contributed by atoms with E-state index in [0.29, 0.717) is 17.7 Å². The molecule has 3 nitrogen and oxygen atoms in total. The summed E-state index contributed by atoms with van der Waals surface area (Å²) in [5.41, 5.74) is 2.33. The Morgan fingerprint density at radius 2 is 1.81 bits per heavy atom. The molecule has 1 amide bonds. The van der Waals surface area contributed by atoms with Crippen LogP contribution in [0.4, 0.5) is 4.39 Å². The minimum absolute atomic E-state index is 0.142. The van der Waals surface area contributed by atoms with Crippen molar-refractivity contribution in [3.05, 3.63) is 34.6 Å². The molecule has 1 heterocycles. The summed E-state index contributed by atoms with van der Waals surface area (Å²) in [7, 11) is 0. The van der Waals surface area contributed by atoms with Gasteiger partial charge in [-0.1, -0.05) is 12.1 Å². The second-order valence-corrected chi connectivity index (χ2v) is 6.03. The summed E-state index contributed by atoms with van der Waals surface area (Å²) >= 11 is 0. The Balaban J connectivity index is 1.91. The molecule has 1 aliphatic heterocycles. The van der Waals surface area contributed by atoms with E-state index in [-0.39, 0.29) is 17.8 Å². The molecule has 1 aromatic rings. The van der Waals surface area contributed by atoms with E-state index in [4.69, 9.17) is 0 Å². The van der Waals surface area contributed by atoms with Gasteiger partial charge in [0.25, 0.3) is 0 Å². The highest BCUT2D eigenvalue weighted by atomic mass is 19.1. The summed E-state index contributed by atoms with van der Waals surface area (Å²) in [6, 6.07) is 3.48. The Hall–Kier alpha value is -1.42. The number of hydrogen-bond acceptors (Lipinski definition) is 2. The van der Waals surface area contributed by atoms with Gasteiger partial charge < -0.3 is 10.2 Å². The monoisotopic (exact) mass is 292 g/mol. The highest BCUT2D eigenvalue weighted by molar-refractivity contribution is 5.81. The number of amides is 1. The van der Waals surface area contributed by atoms with Crippen LogP contribution in [0.3, 0.4) is 0 Å². The molecule has 0 saturated carbocycles. The van der Waals surface area contributed by atoms with Crippen LogP contribution in [-0.4, -0.2) is 29.9 Å². The average molecular weight is 292 g/mol. The molecule has 116 valence electrons. The molecule has 1 unspecified atom stereocenters. The first-order chi connectivity index (χ1) is 9.99. The van der Waals surface area contributed by atoms with Crippen molar-refractivity contribution < 1.29 is 9.18 Å². The smallest absolute Gasteiger partial charge is 0.239 e. The lowest BCUT2D eigenvalue weighted by molar-refractivity contribution is -0.133. The number of rotatable bonds is 4. The van der Waals surface area contributed by atoms with E-state index in [1.807, 2.05) is 24.0 Å². The molecule has 4 heteroatoms. The molecule has 2 rings (SSSR count). The minimum atomic E-state index is -0.200. The molecule has 1 aromatic carbocycles. The number of halogens is 1. The van der Waals surface area contributed by atoms with Crippen LogP contribution < -0.4 is 5.32 Å². The third-order valence-electron chi connectivity index (χ3n) is 4.15. The number of aryl methyl sites for hydroxylation is 2. The minimum Gasteiger partial charge on any atom is -0.341 e. The van der Waals surface area contributed by atoms with E-state index in [1.165, 1.54) is 6.42 Å². The number of nitrogens with one attached hydrogen (secondary N) is 1. The van der Waals surface area contributed by atoms with Gasteiger partial charge in [-0.05, 0) is 56.7 Å². The van der Waals surface area contributed by atoms with Gasteiger partial charge in [0.2, 0.25) is 5.91 Å². The van der Waals surface area contributed by atoms with Crippen LogP contribution in [0.5, 0.6) is 0 Å². The molecule has 1 aliphatic rings. The van der Waals surface area contributed by atoms with Gasteiger partial charge >= 0.3 is 0 Å². The normalized spacial score (nSPS) is 16.9. The Morgan fingerprint density at radius 3 is 2.38 bits per heavy atom. The fourth-order valence-corrected chi connectivity index (χ4v) is 2.88. The van der Waals surface area contributed by atoms with Crippen molar-refractivity contribution in [1.29, 1.82) is 0 Å². The molecule has 21 heavy (non-hydrogen) atoms. The first kappa shape index (κ1) is 16.0. The quantitative estimate of drug-likeness (QED) is 0.925. The third-order valence-corrected chi connectivity index (χ3v) is 4.15. The topological polar surface area (TPSA) is 32.3 Å². The van der Waals surface area contributed by atoms with Gasteiger partial charge in [0, 0.05) is 19.6 Å². The number of carbonyl (C=O) groups is 1. The first-order valence-corrected chi connectivity index (χ1v) is 7.77. The van der Waals surface area contributed by atoms with Crippen LogP contribution in [0.25, 0.3) is 0 Å². The lowest BCUT2D eigenvalue weighted by atomic mass is 10.1. The molecule has 0 spiro atoms. The number of carbonyl (C=O) groups excluding carboxylic acids is 1. The van der Waals surface area contributed by atoms with Crippen LogP contribution in [0, 0.1) is 19.7 Å². The van der Waals surface area contributed by atoms with Gasteiger partial charge in [0.05, 0.1) is 6.04 Å². The summed E-state index contributed by atoms with van der Waals surface area (Å²) in [6.07, 6.45) is 3.43. The highest BCUT2D eigenvalue weighted by Crippen LogP contribution is 2.15. The number of nitrogens with zero attached hydrogens (tertiary/aromatic N) is 1. The molecule has 1 saturated heterocycles. The largest absolute Gasteiger partial charge is 0.341 e. The lowest BCUT2D eigenvalue weighted by Crippen LogP contribution is -2.46. The van der Waals surface area contributed by atoms with Gasteiger partial charge in [-0.15, -0.1) is 0 Å². The molecule has 0 radical (unpaired) electrons. The molecule has 1 atom stereocenters. The van der Waals surface area contributed by atoms with Gasteiger partial charge in [0.15, 0.2) is 0 Å². The van der Waals surface area contributed by atoms with E-state index in [9.17, 15) is 9.18 Å². The van der Waals surface area contributed by atoms with Gasteiger partial charge in [-0.2, -0.15) is 0 Å². The Morgan fingerprint density at radius 1 is 1.24 bits per heavy atom. The maximum atomic E-state index is 13.6. The number of benzene rings is 1. The molecular formula is C17H25FN2O. The summed E-state index contributed by atoms with van der Waals surface area (Å²) in [6.45, 7) is 7.78. The highest BCUT2D eigenvalue weighted by Gasteiger charge is 2.21. The van der Waals surface area contributed by atoms with Crippen molar-refractivity contribution >= 4 is 5.91 Å². The average Bonchev–Trinajstić information content (AvgIpc) is 2.50. The maximum absolute atomic E-state index is 13.6.